The van der Waals surface area contributed by atoms with Gasteiger partial charge in [-0.05, 0) is 12.1 Å². The van der Waals surface area contributed by atoms with E-state index in [1.54, 1.807) is 12.1 Å². The Morgan fingerprint density at radius 1 is 1.54 bits per heavy atom. The molecular weight excluding hydrogens is 172 g/mol. The molecule has 0 aliphatic carbocycles. The van der Waals surface area contributed by atoms with Crippen LogP contribution in [-0.2, 0) is 17.6 Å². The van der Waals surface area contributed by atoms with E-state index in [9.17, 15) is 4.79 Å². The van der Waals surface area contributed by atoms with E-state index in [0.29, 0.717) is 5.76 Å². The fourth-order valence-corrected chi connectivity index (χ4v) is 1.000. The molecule has 0 bridgehead atoms. The quantitative estimate of drug-likeness (QED) is 0.727. The van der Waals surface area contributed by atoms with Crippen LogP contribution in [-0.4, -0.2) is 22.3 Å². The molecule has 0 aromatic carbocycles. The molecule has 0 spiro atoms. The van der Waals surface area contributed by atoms with Gasteiger partial charge in [0.15, 0.2) is 6.10 Å². The number of carbonyl (C=O) groups is 1. The smallest absolute Gasteiger partial charge is 0.332 e. The van der Waals surface area contributed by atoms with Crippen LogP contribution in [0.3, 0.4) is 0 Å². The standard InChI is InChI=1S/C9H12O4/c1-2-6-3-4-7(13-6)5-8(10)9(11)12/h3-4,8,10H,2,5H2,1H3,(H,11,12)/t8-/m0/s1. The van der Waals surface area contributed by atoms with Crippen molar-refractivity contribution in [3.05, 3.63) is 23.7 Å². The Bertz CT molecular complexity index is 290. The maximum atomic E-state index is 10.3. The zero-order chi connectivity index (χ0) is 9.84. The molecule has 2 N–H and O–H groups in total. The molecule has 72 valence electrons. The van der Waals surface area contributed by atoms with Crippen molar-refractivity contribution < 1.29 is 19.4 Å². The molecule has 4 heteroatoms. The Morgan fingerprint density at radius 3 is 2.62 bits per heavy atom. The minimum atomic E-state index is -1.38. The highest BCUT2D eigenvalue weighted by Gasteiger charge is 2.15. The van der Waals surface area contributed by atoms with Gasteiger partial charge in [-0.15, -0.1) is 0 Å². The second-order valence-corrected chi connectivity index (χ2v) is 2.78. The highest BCUT2D eigenvalue weighted by Crippen LogP contribution is 2.10. The first-order chi connectivity index (χ1) is 6.13. The highest BCUT2D eigenvalue weighted by molar-refractivity contribution is 5.72. The summed E-state index contributed by atoms with van der Waals surface area (Å²) >= 11 is 0. The zero-order valence-electron chi connectivity index (χ0n) is 7.36. The van der Waals surface area contributed by atoms with Crippen molar-refractivity contribution in [1.29, 1.82) is 0 Å². The first kappa shape index (κ1) is 9.80. The van der Waals surface area contributed by atoms with Gasteiger partial charge in [-0.3, -0.25) is 0 Å². The monoisotopic (exact) mass is 184 g/mol. The molecule has 0 saturated carbocycles. The van der Waals surface area contributed by atoms with Gasteiger partial charge in [0.1, 0.15) is 11.5 Å². The summed E-state index contributed by atoms with van der Waals surface area (Å²) in [5.41, 5.74) is 0. The normalized spacial score (nSPS) is 12.8. The molecule has 1 aromatic heterocycles. The summed E-state index contributed by atoms with van der Waals surface area (Å²) in [6, 6.07) is 3.47. The number of carboxylic acids is 1. The van der Waals surface area contributed by atoms with Crippen LogP contribution in [0.4, 0.5) is 0 Å². The van der Waals surface area contributed by atoms with Crippen molar-refractivity contribution in [1.82, 2.24) is 0 Å². The van der Waals surface area contributed by atoms with Gasteiger partial charge >= 0.3 is 5.97 Å². The topological polar surface area (TPSA) is 70.7 Å². The van der Waals surface area contributed by atoms with Gasteiger partial charge in [-0.1, -0.05) is 6.92 Å². The van der Waals surface area contributed by atoms with E-state index >= 15 is 0 Å². The number of carboxylic acid groups (broad SMARTS) is 1. The van der Waals surface area contributed by atoms with Gasteiger partial charge < -0.3 is 14.6 Å². The van der Waals surface area contributed by atoms with Gasteiger partial charge in [-0.25, -0.2) is 4.79 Å². The molecule has 0 aliphatic rings. The molecular formula is C9H12O4. The first-order valence-electron chi connectivity index (χ1n) is 4.12. The third kappa shape index (κ3) is 2.59. The lowest BCUT2D eigenvalue weighted by Gasteiger charge is -2.01. The molecule has 0 unspecified atom stereocenters. The van der Waals surface area contributed by atoms with E-state index < -0.39 is 12.1 Å². The lowest BCUT2D eigenvalue weighted by atomic mass is 10.2. The first-order valence-corrected chi connectivity index (χ1v) is 4.12. The summed E-state index contributed by atoms with van der Waals surface area (Å²) in [7, 11) is 0. The average Bonchev–Trinajstić information content (AvgIpc) is 2.52. The van der Waals surface area contributed by atoms with Crippen molar-refractivity contribution in [3.63, 3.8) is 0 Å². The molecule has 1 rings (SSSR count). The Morgan fingerprint density at radius 2 is 2.15 bits per heavy atom. The van der Waals surface area contributed by atoms with Crippen LogP contribution in [0, 0.1) is 0 Å². The SMILES string of the molecule is CCc1ccc(C[C@H](O)C(=O)O)o1. The third-order valence-electron chi connectivity index (χ3n) is 1.75. The summed E-state index contributed by atoms with van der Waals surface area (Å²) in [5, 5.41) is 17.4. The predicted molar refractivity (Wildman–Crippen MR) is 45.4 cm³/mol. The van der Waals surface area contributed by atoms with Crippen molar-refractivity contribution in [2.75, 3.05) is 0 Å². The number of hydrogen-bond donors (Lipinski definition) is 2. The van der Waals surface area contributed by atoms with E-state index in [1.165, 1.54) is 0 Å². The van der Waals surface area contributed by atoms with Crippen LogP contribution in [0.25, 0.3) is 0 Å². The second-order valence-electron chi connectivity index (χ2n) is 2.78. The second kappa shape index (κ2) is 4.09. The summed E-state index contributed by atoms with van der Waals surface area (Å²) in [5.74, 6) is 0.0776. The number of furan rings is 1. The highest BCUT2D eigenvalue weighted by atomic mass is 16.4. The molecule has 0 saturated heterocycles. The van der Waals surface area contributed by atoms with Crippen LogP contribution >= 0.6 is 0 Å². The van der Waals surface area contributed by atoms with Crippen molar-refractivity contribution in [2.45, 2.75) is 25.9 Å². The number of aliphatic hydroxyl groups is 1. The molecule has 0 aliphatic heterocycles. The third-order valence-corrected chi connectivity index (χ3v) is 1.75. The number of aryl methyl sites for hydroxylation is 1. The molecule has 0 fully saturated rings. The maximum Gasteiger partial charge on any atom is 0.332 e. The Kier molecular flexibility index (Phi) is 3.08. The number of aliphatic carboxylic acids is 1. The average molecular weight is 184 g/mol. The van der Waals surface area contributed by atoms with Crippen molar-refractivity contribution >= 4 is 5.97 Å². The molecule has 0 radical (unpaired) electrons. The molecule has 4 nitrogen and oxygen atoms in total. The fraction of sp³-hybridized carbons (Fsp3) is 0.444. The summed E-state index contributed by atoms with van der Waals surface area (Å²) in [6.45, 7) is 1.94. The zero-order valence-corrected chi connectivity index (χ0v) is 7.36. The van der Waals surface area contributed by atoms with Crippen LogP contribution in [0.15, 0.2) is 16.5 Å². The maximum absolute atomic E-state index is 10.3. The van der Waals surface area contributed by atoms with Gasteiger partial charge in [-0.2, -0.15) is 0 Å². The Balaban J connectivity index is 2.58. The Hall–Kier alpha value is -1.29. The predicted octanol–water partition coefficient (Wildman–Crippen LogP) is 0.830. The number of hydrogen-bond acceptors (Lipinski definition) is 3. The van der Waals surface area contributed by atoms with E-state index in [0.717, 1.165) is 12.2 Å². The minimum absolute atomic E-state index is 0.0231. The van der Waals surface area contributed by atoms with Gasteiger partial charge in [0.25, 0.3) is 0 Å². The number of rotatable bonds is 4. The summed E-state index contributed by atoms with van der Waals surface area (Å²) < 4.78 is 5.23. The van der Waals surface area contributed by atoms with Gasteiger partial charge in [0, 0.05) is 12.8 Å². The van der Waals surface area contributed by atoms with Crippen LogP contribution in [0.5, 0.6) is 0 Å². The van der Waals surface area contributed by atoms with E-state index in [-0.39, 0.29) is 6.42 Å². The lowest BCUT2D eigenvalue weighted by molar-refractivity contribution is -0.146. The number of aliphatic hydroxyl groups excluding tert-OH is 1. The van der Waals surface area contributed by atoms with E-state index in [1.807, 2.05) is 6.92 Å². The molecule has 13 heavy (non-hydrogen) atoms. The van der Waals surface area contributed by atoms with Crippen molar-refractivity contribution in [3.8, 4) is 0 Å². The van der Waals surface area contributed by atoms with Gasteiger partial charge in [0.2, 0.25) is 0 Å². The van der Waals surface area contributed by atoms with E-state index in [4.69, 9.17) is 14.6 Å². The fourth-order valence-electron chi connectivity index (χ4n) is 1.000. The summed E-state index contributed by atoms with van der Waals surface area (Å²) in [6.07, 6.45) is -0.589. The van der Waals surface area contributed by atoms with Crippen LogP contribution in [0.2, 0.25) is 0 Å². The van der Waals surface area contributed by atoms with E-state index in [2.05, 4.69) is 0 Å². The molecule has 1 atom stereocenters. The largest absolute Gasteiger partial charge is 0.479 e. The van der Waals surface area contributed by atoms with Crippen LogP contribution in [0.1, 0.15) is 18.4 Å². The molecule has 1 heterocycles. The lowest BCUT2D eigenvalue weighted by Crippen LogP contribution is -2.21. The van der Waals surface area contributed by atoms with Crippen molar-refractivity contribution in [2.24, 2.45) is 0 Å². The van der Waals surface area contributed by atoms with Gasteiger partial charge in [0.05, 0.1) is 0 Å². The van der Waals surface area contributed by atoms with Crippen LogP contribution < -0.4 is 0 Å². The molecule has 1 aromatic rings. The Labute approximate surface area is 75.8 Å². The summed E-state index contributed by atoms with van der Waals surface area (Å²) in [4.78, 5) is 10.3. The molecule has 0 amide bonds. The minimum Gasteiger partial charge on any atom is -0.479 e.